The van der Waals surface area contributed by atoms with Crippen LogP contribution >= 0.6 is 0 Å². The summed E-state index contributed by atoms with van der Waals surface area (Å²) in [5, 5.41) is 2.03. The highest BCUT2D eigenvalue weighted by atomic mass is 15.5. The fourth-order valence-electron chi connectivity index (χ4n) is 4.43. The van der Waals surface area contributed by atoms with Crippen molar-refractivity contribution in [2.75, 3.05) is 25.6 Å². The molecule has 8 heteroatoms. The summed E-state index contributed by atoms with van der Waals surface area (Å²) in [4.78, 5) is 8.58. The van der Waals surface area contributed by atoms with Crippen molar-refractivity contribution in [3.63, 3.8) is 0 Å². The van der Waals surface area contributed by atoms with E-state index in [1.165, 1.54) is 44.3 Å². The number of nitrogens with zero attached hydrogens (tertiary/aromatic N) is 7. The maximum atomic E-state index is 4.10. The van der Waals surface area contributed by atoms with Crippen LogP contribution in [0.15, 0.2) is 92.2 Å². The highest BCUT2D eigenvalue weighted by molar-refractivity contribution is 5.44. The molecule has 1 aliphatic rings. The van der Waals surface area contributed by atoms with Gasteiger partial charge in [0.15, 0.2) is 0 Å². The average Bonchev–Trinajstić information content (AvgIpc) is 3.65. The van der Waals surface area contributed by atoms with Gasteiger partial charge in [-0.15, -0.1) is 0 Å². The minimum atomic E-state index is 1.03. The van der Waals surface area contributed by atoms with Gasteiger partial charge in [-0.25, -0.2) is 14.1 Å². The number of unbranched alkanes of at least 4 members (excludes halogenated alkanes) is 4. The van der Waals surface area contributed by atoms with Gasteiger partial charge in [-0.2, -0.15) is 0 Å². The van der Waals surface area contributed by atoms with Crippen LogP contribution in [0.1, 0.15) is 38.5 Å². The van der Waals surface area contributed by atoms with Crippen molar-refractivity contribution in [3.8, 4) is 0 Å². The number of nitrogens with one attached hydrogen (secondary N) is 1. The Labute approximate surface area is 215 Å². The molecule has 2 aromatic heterocycles. The average molecular weight is 490 g/mol. The fourth-order valence-corrected chi connectivity index (χ4v) is 4.43. The summed E-state index contributed by atoms with van der Waals surface area (Å²) in [6.07, 6.45) is 26.0. The maximum absolute atomic E-state index is 4.10. The number of hydrogen-bond acceptors (Lipinski definition) is 5. The van der Waals surface area contributed by atoms with E-state index >= 15 is 0 Å². The number of benzene rings is 1. The van der Waals surface area contributed by atoms with Crippen LogP contribution < -0.4 is 15.0 Å². The largest absolute Gasteiger partial charge is 0.337 e. The summed E-state index contributed by atoms with van der Waals surface area (Å²) in [7, 11) is 4.13. The SMILES string of the molecule is CN1C=CN(CCCCCC[n+]2ccn(CCCCn3ccnc3)c2)C1=CNN(C)c1ccccc1. The van der Waals surface area contributed by atoms with Crippen LogP contribution in [0.2, 0.25) is 0 Å². The third-order valence-electron chi connectivity index (χ3n) is 6.61. The molecule has 0 saturated carbocycles. The maximum Gasteiger partial charge on any atom is 0.243 e. The molecule has 0 spiro atoms. The molecule has 192 valence electrons. The Hall–Kier alpha value is -3.68. The molecule has 0 fully saturated rings. The lowest BCUT2D eigenvalue weighted by molar-refractivity contribution is -0.696. The predicted molar refractivity (Wildman–Crippen MR) is 144 cm³/mol. The first-order valence-electron chi connectivity index (χ1n) is 13.1. The van der Waals surface area contributed by atoms with E-state index in [1.54, 1.807) is 0 Å². The highest BCUT2D eigenvalue weighted by Crippen LogP contribution is 2.18. The van der Waals surface area contributed by atoms with Crippen molar-refractivity contribution in [1.29, 1.82) is 0 Å². The molecule has 0 radical (unpaired) electrons. The van der Waals surface area contributed by atoms with Crippen molar-refractivity contribution < 1.29 is 4.57 Å². The fraction of sp³-hybridized carbons (Fsp3) is 0.429. The Kier molecular flexibility index (Phi) is 9.47. The van der Waals surface area contributed by atoms with E-state index in [2.05, 4.69) is 103 Å². The zero-order valence-corrected chi connectivity index (χ0v) is 21.8. The minimum Gasteiger partial charge on any atom is -0.337 e. The number of aromatic nitrogens is 4. The molecule has 0 unspecified atom stereocenters. The van der Waals surface area contributed by atoms with Gasteiger partial charge >= 0.3 is 0 Å². The predicted octanol–water partition coefficient (Wildman–Crippen LogP) is 4.17. The van der Waals surface area contributed by atoms with Gasteiger partial charge in [-0.1, -0.05) is 24.6 Å². The van der Waals surface area contributed by atoms with Gasteiger partial charge in [0.05, 0.1) is 31.3 Å². The number of anilines is 1. The molecule has 0 saturated heterocycles. The van der Waals surface area contributed by atoms with Crippen LogP contribution in [0, 0.1) is 0 Å². The number of hydrazine groups is 1. The molecule has 0 bridgehead atoms. The third-order valence-corrected chi connectivity index (χ3v) is 6.61. The monoisotopic (exact) mass is 489 g/mol. The number of para-hydroxylation sites is 1. The van der Waals surface area contributed by atoms with Gasteiger partial charge in [0, 0.05) is 52.0 Å². The zero-order chi connectivity index (χ0) is 25.0. The summed E-state index contributed by atoms with van der Waals surface area (Å²) >= 11 is 0. The van der Waals surface area contributed by atoms with Crippen LogP contribution in [0.3, 0.4) is 0 Å². The lowest BCUT2D eigenvalue weighted by atomic mass is 10.2. The highest BCUT2D eigenvalue weighted by Gasteiger charge is 2.16. The van der Waals surface area contributed by atoms with Crippen LogP contribution in [-0.2, 0) is 19.6 Å². The molecule has 1 aromatic carbocycles. The molecule has 4 rings (SSSR count). The van der Waals surface area contributed by atoms with E-state index in [0.29, 0.717) is 0 Å². The first-order valence-corrected chi connectivity index (χ1v) is 13.1. The molecular weight excluding hydrogens is 448 g/mol. The van der Waals surface area contributed by atoms with Gasteiger partial charge < -0.3 is 19.8 Å². The van der Waals surface area contributed by atoms with Gasteiger partial charge in [0.25, 0.3) is 0 Å². The Morgan fingerprint density at radius 2 is 1.69 bits per heavy atom. The summed E-state index contributed by atoms with van der Waals surface area (Å²) < 4.78 is 6.78. The second kappa shape index (κ2) is 13.4. The van der Waals surface area contributed by atoms with Crippen LogP contribution in [0.25, 0.3) is 0 Å². The van der Waals surface area contributed by atoms with E-state index in [9.17, 15) is 0 Å². The molecule has 3 heterocycles. The lowest BCUT2D eigenvalue weighted by Gasteiger charge is -2.25. The Bertz CT molecular complexity index is 1070. The molecular formula is C28H41N8+. The normalized spacial score (nSPS) is 14.2. The van der Waals surface area contributed by atoms with E-state index in [0.717, 1.165) is 31.9 Å². The number of aryl methyl sites for hydroxylation is 3. The Balaban J connectivity index is 1.09. The summed E-state index contributed by atoms with van der Waals surface area (Å²) in [5.74, 6) is 1.17. The van der Waals surface area contributed by atoms with Crippen LogP contribution in [0.4, 0.5) is 5.69 Å². The lowest BCUT2D eigenvalue weighted by Crippen LogP contribution is -2.32. The molecule has 1 N–H and O–H groups in total. The summed E-state index contributed by atoms with van der Waals surface area (Å²) in [6.45, 7) is 4.25. The molecule has 8 nitrogen and oxygen atoms in total. The first-order chi connectivity index (χ1) is 17.7. The first kappa shape index (κ1) is 25.4. The molecule has 0 amide bonds. The standard InChI is InChI=1S/C28H41N8/c1-31-20-23-36(28(31)24-30-32(2)27-12-6-5-7-13-27)18-9-4-3-8-16-34-21-22-35(26-34)17-11-10-15-33-19-14-29-25-33/h5-7,12-14,19-26,30H,3-4,8-11,15-18H2,1-2H3/q+1. The third kappa shape index (κ3) is 7.66. The van der Waals surface area contributed by atoms with Gasteiger partial charge in [0.1, 0.15) is 18.2 Å². The number of rotatable bonds is 15. The quantitative estimate of drug-likeness (QED) is 0.197. The second-order valence-electron chi connectivity index (χ2n) is 9.44. The second-order valence-corrected chi connectivity index (χ2v) is 9.44. The number of imidazole rings is 2. The van der Waals surface area contributed by atoms with Crippen LogP contribution in [-0.4, -0.2) is 44.6 Å². The smallest absolute Gasteiger partial charge is 0.243 e. The van der Waals surface area contributed by atoms with Gasteiger partial charge in [-0.05, 0) is 44.2 Å². The van der Waals surface area contributed by atoms with E-state index < -0.39 is 0 Å². The van der Waals surface area contributed by atoms with Crippen molar-refractivity contribution in [1.82, 2.24) is 29.3 Å². The number of hydrogen-bond donors (Lipinski definition) is 1. The van der Waals surface area contributed by atoms with Gasteiger partial charge in [-0.3, -0.25) is 5.01 Å². The molecule has 3 aromatic rings. The van der Waals surface area contributed by atoms with Crippen LogP contribution in [0.5, 0.6) is 0 Å². The molecule has 0 atom stereocenters. The molecule has 0 aliphatic carbocycles. The van der Waals surface area contributed by atoms with Crippen molar-refractivity contribution in [2.24, 2.45) is 0 Å². The van der Waals surface area contributed by atoms with E-state index in [1.807, 2.05) is 36.8 Å². The minimum absolute atomic E-state index is 1.03. The zero-order valence-electron chi connectivity index (χ0n) is 21.8. The topological polar surface area (TPSA) is 48.4 Å². The van der Waals surface area contributed by atoms with Crippen molar-refractivity contribution in [3.05, 3.63) is 92.2 Å². The summed E-state index contributed by atoms with van der Waals surface area (Å²) in [6, 6.07) is 10.3. The van der Waals surface area contributed by atoms with Crippen molar-refractivity contribution in [2.45, 2.75) is 58.2 Å². The molecule has 36 heavy (non-hydrogen) atoms. The van der Waals surface area contributed by atoms with Gasteiger partial charge in [0.2, 0.25) is 6.33 Å². The Morgan fingerprint density at radius 3 is 2.50 bits per heavy atom. The van der Waals surface area contributed by atoms with E-state index in [4.69, 9.17) is 0 Å². The van der Waals surface area contributed by atoms with E-state index in [-0.39, 0.29) is 0 Å². The molecule has 1 aliphatic heterocycles. The summed E-state index contributed by atoms with van der Waals surface area (Å²) in [5.41, 5.74) is 4.53. The Morgan fingerprint density at radius 1 is 0.917 bits per heavy atom. The van der Waals surface area contributed by atoms with Crippen molar-refractivity contribution >= 4 is 5.69 Å².